The minimum absolute atomic E-state index is 0.327. The van der Waals surface area contributed by atoms with Gasteiger partial charge in [0.25, 0.3) is 0 Å². The maximum atomic E-state index is 6.35. The van der Waals surface area contributed by atoms with E-state index in [1.807, 2.05) is 37.1 Å². The molecule has 5 heterocycles. The second-order valence-electron chi connectivity index (χ2n) is 8.64. The molecule has 0 unspecified atom stereocenters. The van der Waals surface area contributed by atoms with Gasteiger partial charge in [-0.3, -0.25) is 9.38 Å². The van der Waals surface area contributed by atoms with E-state index in [4.69, 9.17) is 22.3 Å². The molecule has 9 heteroatoms. The Morgan fingerprint density at radius 2 is 1.78 bits per heavy atom. The molecular formula is C23H22ClN7S. The van der Waals surface area contributed by atoms with Crippen LogP contribution in [0.4, 0.5) is 11.8 Å². The van der Waals surface area contributed by atoms with Crippen molar-refractivity contribution >= 4 is 40.8 Å². The van der Waals surface area contributed by atoms with Crippen molar-refractivity contribution in [3.05, 3.63) is 65.5 Å². The standard InChI is InChI=1S/C23H22ClN7S/c24-19-17(2-6-27-20(19)25)32-18-14-29-22(31-10-7-28-21(18)31)30-8-3-23(4-9-30)11-15-1-5-26-13-16(15)12-23/h1-2,5-7,10,13-14H,3-4,8-9,11-12H2,(H2,25,27). The highest BCUT2D eigenvalue weighted by atomic mass is 35.5. The molecule has 162 valence electrons. The number of anilines is 2. The number of piperidine rings is 1. The molecule has 0 amide bonds. The molecule has 1 fully saturated rings. The van der Waals surface area contributed by atoms with E-state index in [0.717, 1.165) is 60.2 Å². The quantitative estimate of drug-likeness (QED) is 0.485. The van der Waals surface area contributed by atoms with Crippen LogP contribution in [0.15, 0.2) is 59.1 Å². The zero-order valence-electron chi connectivity index (χ0n) is 17.4. The summed E-state index contributed by atoms with van der Waals surface area (Å²) in [5.41, 5.74) is 9.99. The molecule has 7 nitrogen and oxygen atoms in total. The monoisotopic (exact) mass is 463 g/mol. The predicted molar refractivity (Wildman–Crippen MR) is 126 cm³/mol. The first-order valence-corrected chi connectivity index (χ1v) is 11.9. The number of pyridine rings is 2. The number of rotatable bonds is 3. The minimum Gasteiger partial charge on any atom is -0.382 e. The number of imidazole rings is 1. The molecule has 1 aliphatic heterocycles. The Balaban J connectivity index is 1.24. The normalized spacial score (nSPS) is 17.2. The van der Waals surface area contributed by atoms with E-state index in [9.17, 15) is 0 Å². The maximum absolute atomic E-state index is 6.35. The van der Waals surface area contributed by atoms with Gasteiger partial charge in [-0.2, -0.15) is 0 Å². The fourth-order valence-corrected chi connectivity index (χ4v) is 6.16. The summed E-state index contributed by atoms with van der Waals surface area (Å²) < 4.78 is 2.08. The Bertz CT molecular complexity index is 1290. The summed E-state index contributed by atoms with van der Waals surface area (Å²) >= 11 is 7.85. The fourth-order valence-electron chi connectivity index (χ4n) is 5.02. The lowest BCUT2D eigenvalue weighted by molar-refractivity contribution is 0.231. The molecule has 4 aromatic rings. The molecule has 0 radical (unpaired) electrons. The summed E-state index contributed by atoms with van der Waals surface area (Å²) in [6.07, 6.45) is 15.9. The number of nitrogens with zero attached hydrogens (tertiary/aromatic N) is 6. The zero-order valence-corrected chi connectivity index (χ0v) is 19.0. The number of halogens is 1. The highest BCUT2D eigenvalue weighted by Gasteiger charge is 2.40. The van der Waals surface area contributed by atoms with Crippen LogP contribution in [0, 0.1) is 5.41 Å². The largest absolute Gasteiger partial charge is 0.382 e. The number of hydrogen-bond donors (Lipinski definition) is 1. The summed E-state index contributed by atoms with van der Waals surface area (Å²) in [6.45, 7) is 1.97. The lowest BCUT2D eigenvalue weighted by Crippen LogP contribution is -2.41. The van der Waals surface area contributed by atoms with Gasteiger partial charge in [-0.25, -0.2) is 15.0 Å². The average molecular weight is 464 g/mol. The molecule has 0 aromatic carbocycles. The van der Waals surface area contributed by atoms with Gasteiger partial charge in [0.05, 0.1) is 9.92 Å². The Morgan fingerprint density at radius 3 is 2.62 bits per heavy atom. The van der Waals surface area contributed by atoms with Crippen molar-refractivity contribution in [2.24, 2.45) is 5.41 Å². The Kier molecular flexibility index (Phi) is 4.73. The number of hydrogen-bond acceptors (Lipinski definition) is 7. The fraction of sp³-hybridized carbons (Fsp3) is 0.304. The third kappa shape index (κ3) is 3.29. The van der Waals surface area contributed by atoms with Gasteiger partial charge in [0.15, 0.2) is 5.65 Å². The van der Waals surface area contributed by atoms with Gasteiger partial charge >= 0.3 is 0 Å². The van der Waals surface area contributed by atoms with Crippen molar-refractivity contribution in [1.82, 2.24) is 24.3 Å². The van der Waals surface area contributed by atoms with Crippen LogP contribution in [-0.4, -0.2) is 37.4 Å². The average Bonchev–Trinajstić information content (AvgIpc) is 3.43. The van der Waals surface area contributed by atoms with E-state index in [1.165, 1.54) is 22.9 Å². The maximum Gasteiger partial charge on any atom is 0.211 e. The Labute approximate surface area is 195 Å². The predicted octanol–water partition coefficient (Wildman–Crippen LogP) is 4.29. The van der Waals surface area contributed by atoms with Gasteiger partial charge in [0.1, 0.15) is 5.82 Å². The second-order valence-corrected chi connectivity index (χ2v) is 10.1. The van der Waals surface area contributed by atoms with Gasteiger partial charge in [-0.15, -0.1) is 0 Å². The van der Waals surface area contributed by atoms with Crippen LogP contribution >= 0.6 is 23.4 Å². The smallest absolute Gasteiger partial charge is 0.211 e. The number of fused-ring (bicyclic) bond motifs is 2. The van der Waals surface area contributed by atoms with Crippen molar-refractivity contribution in [2.75, 3.05) is 23.7 Å². The van der Waals surface area contributed by atoms with E-state index >= 15 is 0 Å². The van der Waals surface area contributed by atoms with Crippen LogP contribution in [0.2, 0.25) is 5.02 Å². The van der Waals surface area contributed by atoms with Crippen LogP contribution in [0.5, 0.6) is 0 Å². The lowest BCUT2D eigenvalue weighted by Gasteiger charge is -2.40. The molecule has 0 saturated carbocycles. The topological polar surface area (TPSA) is 85.2 Å². The van der Waals surface area contributed by atoms with Gasteiger partial charge in [0, 0.05) is 55.2 Å². The second kappa shape index (κ2) is 7.64. The third-order valence-corrected chi connectivity index (χ3v) is 8.29. The molecule has 2 N–H and O–H groups in total. The van der Waals surface area contributed by atoms with Gasteiger partial charge in [0.2, 0.25) is 5.95 Å². The first kappa shape index (κ1) is 19.8. The first-order valence-electron chi connectivity index (χ1n) is 10.7. The summed E-state index contributed by atoms with van der Waals surface area (Å²) in [4.78, 5) is 21.9. The lowest BCUT2D eigenvalue weighted by atomic mass is 9.76. The van der Waals surface area contributed by atoms with Crippen LogP contribution < -0.4 is 10.6 Å². The molecule has 4 aromatic heterocycles. The van der Waals surface area contributed by atoms with Gasteiger partial charge in [-0.1, -0.05) is 23.4 Å². The van der Waals surface area contributed by atoms with Crippen molar-refractivity contribution < 1.29 is 0 Å². The highest BCUT2D eigenvalue weighted by Crippen LogP contribution is 2.45. The summed E-state index contributed by atoms with van der Waals surface area (Å²) in [6, 6.07) is 4.04. The van der Waals surface area contributed by atoms with E-state index in [2.05, 4.69) is 30.3 Å². The van der Waals surface area contributed by atoms with Crippen LogP contribution in [-0.2, 0) is 12.8 Å². The van der Waals surface area contributed by atoms with Crippen LogP contribution in [0.25, 0.3) is 5.65 Å². The van der Waals surface area contributed by atoms with Gasteiger partial charge in [-0.05, 0) is 54.4 Å². The molecular weight excluding hydrogens is 442 g/mol. The molecule has 1 spiro atoms. The number of aromatic nitrogens is 5. The zero-order chi connectivity index (χ0) is 21.7. The molecule has 1 saturated heterocycles. The summed E-state index contributed by atoms with van der Waals surface area (Å²) in [5.74, 6) is 1.27. The molecule has 0 bridgehead atoms. The highest BCUT2D eigenvalue weighted by molar-refractivity contribution is 7.99. The summed E-state index contributed by atoms with van der Waals surface area (Å²) in [7, 11) is 0. The van der Waals surface area contributed by atoms with Gasteiger partial charge < -0.3 is 10.6 Å². The molecule has 1 aliphatic carbocycles. The Hall–Kier alpha value is -2.84. The van der Waals surface area contributed by atoms with Crippen LogP contribution in [0.3, 0.4) is 0 Å². The van der Waals surface area contributed by atoms with Crippen LogP contribution in [0.1, 0.15) is 24.0 Å². The third-order valence-electron chi connectivity index (χ3n) is 6.72. The molecule has 6 rings (SSSR count). The molecule has 0 atom stereocenters. The molecule has 32 heavy (non-hydrogen) atoms. The van der Waals surface area contributed by atoms with E-state index in [-0.39, 0.29) is 0 Å². The summed E-state index contributed by atoms with van der Waals surface area (Å²) in [5, 5.41) is 0.459. The van der Waals surface area contributed by atoms with Crippen molar-refractivity contribution in [3.8, 4) is 0 Å². The van der Waals surface area contributed by atoms with E-state index < -0.39 is 0 Å². The van der Waals surface area contributed by atoms with Crippen molar-refractivity contribution in [3.63, 3.8) is 0 Å². The van der Waals surface area contributed by atoms with E-state index in [0.29, 0.717) is 16.3 Å². The van der Waals surface area contributed by atoms with Crippen molar-refractivity contribution in [2.45, 2.75) is 35.5 Å². The number of nitrogen functional groups attached to an aromatic ring is 1. The van der Waals surface area contributed by atoms with Crippen molar-refractivity contribution in [1.29, 1.82) is 0 Å². The van der Waals surface area contributed by atoms with E-state index in [1.54, 1.807) is 6.20 Å². The molecule has 2 aliphatic rings. The minimum atomic E-state index is 0.327. The Morgan fingerprint density at radius 1 is 0.938 bits per heavy atom. The first-order chi connectivity index (χ1) is 15.6. The number of nitrogens with two attached hydrogens (primary N) is 1. The SMILES string of the molecule is Nc1nccc(Sc2cnc(N3CCC4(CC3)Cc3ccncc3C4)n3ccnc23)c1Cl.